The Labute approximate surface area is 121 Å². The lowest BCUT2D eigenvalue weighted by Gasteiger charge is -2.17. The predicted molar refractivity (Wildman–Crippen MR) is 71.2 cm³/mol. The van der Waals surface area contributed by atoms with E-state index in [0.717, 1.165) is 0 Å². The molecule has 0 aliphatic carbocycles. The van der Waals surface area contributed by atoms with Gasteiger partial charge in [-0.15, -0.1) is 0 Å². The Morgan fingerprint density at radius 3 is 1.95 bits per heavy atom. The number of methoxy groups -OCH3 is 2. The van der Waals surface area contributed by atoms with Gasteiger partial charge in [0.05, 0.1) is 14.2 Å². The highest BCUT2D eigenvalue weighted by Gasteiger charge is 2.27. The molecule has 0 aliphatic heterocycles. The molecule has 7 heteroatoms. The van der Waals surface area contributed by atoms with Crippen molar-refractivity contribution < 1.29 is 32.9 Å². The van der Waals surface area contributed by atoms with E-state index in [1.165, 1.54) is 14.2 Å². The largest absolute Gasteiger partial charge is 0.504 e. The predicted octanol–water partition coefficient (Wildman–Crippen LogP) is 3.70. The van der Waals surface area contributed by atoms with E-state index in [1.54, 1.807) is 6.92 Å². The van der Waals surface area contributed by atoms with Gasteiger partial charge in [-0.3, -0.25) is 0 Å². The molecule has 1 aromatic rings. The Morgan fingerprint density at radius 2 is 1.48 bits per heavy atom. The minimum absolute atomic E-state index is 0.00606. The lowest BCUT2D eigenvalue weighted by molar-refractivity contribution is -0.135. The van der Waals surface area contributed by atoms with Crippen LogP contribution in [0.4, 0.5) is 13.2 Å². The molecule has 0 atom stereocenters. The van der Waals surface area contributed by atoms with Crippen molar-refractivity contribution in [1.82, 2.24) is 0 Å². The summed E-state index contributed by atoms with van der Waals surface area (Å²) in [5, 5.41) is 20.1. The summed E-state index contributed by atoms with van der Waals surface area (Å²) in [4.78, 5) is 0. The van der Waals surface area contributed by atoms with Crippen LogP contribution in [0.2, 0.25) is 0 Å². The minimum Gasteiger partial charge on any atom is -0.504 e. The van der Waals surface area contributed by atoms with Crippen LogP contribution in [-0.2, 0) is 6.42 Å². The van der Waals surface area contributed by atoms with Crippen LogP contribution in [0, 0.1) is 6.92 Å². The Bertz CT molecular complexity index is 498. The molecule has 4 nitrogen and oxygen atoms in total. The number of phenolic OH excluding ortho intramolecular Hbond substituents is 2. The normalized spacial score (nSPS) is 11.5. The maximum atomic E-state index is 12.1. The van der Waals surface area contributed by atoms with Crippen molar-refractivity contribution >= 4 is 0 Å². The zero-order valence-electron chi connectivity index (χ0n) is 12.2. The zero-order chi connectivity index (χ0) is 16.2. The van der Waals surface area contributed by atoms with Crippen LogP contribution in [0.3, 0.4) is 0 Å². The third-order valence-electron chi connectivity index (χ3n) is 3.28. The van der Waals surface area contributed by atoms with Gasteiger partial charge in [0.25, 0.3) is 0 Å². The van der Waals surface area contributed by atoms with E-state index in [0.29, 0.717) is 11.1 Å². The molecule has 1 rings (SSSR count). The highest BCUT2D eigenvalue weighted by Crippen LogP contribution is 2.48. The van der Waals surface area contributed by atoms with Crippen molar-refractivity contribution in [3.63, 3.8) is 0 Å². The quantitative estimate of drug-likeness (QED) is 0.621. The molecule has 0 unspecified atom stereocenters. The fraction of sp³-hybridized carbons (Fsp3) is 0.571. The van der Waals surface area contributed by atoms with Crippen molar-refractivity contribution in [3.05, 3.63) is 11.1 Å². The van der Waals surface area contributed by atoms with Crippen LogP contribution in [0.15, 0.2) is 0 Å². The van der Waals surface area contributed by atoms with Crippen molar-refractivity contribution in [1.29, 1.82) is 0 Å². The second kappa shape index (κ2) is 6.78. The molecule has 0 amide bonds. The van der Waals surface area contributed by atoms with Gasteiger partial charge >= 0.3 is 6.18 Å². The summed E-state index contributed by atoms with van der Waals surface area (Å²) >= 11 is 0. The van der Waals surface area contributed by atoms with E-state index in [9.17, 15) is 23.4 Å². The van der Waals surface area contributed by atoms with Gasteiger partial charge in [-0.05, 0) is 26.2 Å². The molecule has 2 N–H and O–H groups in total. The summed E-state index contributed by atoms with van der Waals surface area (Å²) in [5.41, 5.74) is 0.740. The molecule has 0 heterocycles. The average molecular weight is 308 g/mol. The number of hydrogen-bond donors (Lipinski definition) is 2. The topological polar surface area (TPSA) is 58.9 Å². The van der Waals surface area contributed by atoms with Crippen LogP contribution in [0.5, 0.6) is 23.0 Å². The third-order valence-corrected chi connectivity index (χ3v) is 3.28. The summed E-state index contributed by atoms with van der Waals surface area (Å²) in [6, 6.07) is 0. The van der Waals surface area contributed by atoms with Crippen molar-refractivity contribution in [3.8, 4) is 23.0 Å². The Hall–Kier alpha value is -1.79. The number of alkyl halides is 3. The maximum Gasteiger partial charge on any atom is 0.389 e. The molecule has 0 saturated heterocycles. The van der Waals surface area contributed by atoms with Crippen LogP contribution in [-0.4, -0.2) is 30.6 Å². The summed E-state index contributed by atoms with van der Waals surface area (Å²) < 4.78 is 46.2. The number of unbranched alkanes of at least 4 members (excludes halogenated alkanes) is 1. The van der Waals surface area contributed by atoms with Gasteiger partial charge in [0.2, 0.25) is 11.5 Å². The standard InChI is InChI=1S/C14H19F3O4/c1-8-9(6-4-5-7-14(15,16)17)11(19)13(21-3)12(20-2)10(8)18/h18-19H,4-7H2,1-3H3. The number of hydrogen-bond acceptors (Lipinski definition) is 4. The molecule has 0 bridgehead atoms. The van der Waals surface area contributed by atoms with Gasteiger partial charge in [-0.25, -0.2) is 0 Å². The van der Waals surface area contributed by atoms with Crippen LogP contribution in [0.25, 0.3) is 0 Å². The molecular formula is C14H19F3O4. The van der Waals surface area contributed by atoms with Crippen molar-refractivity contribution in [2.24, 2.45) is 0 Å². The monoisotopic (exact) mass is 308 g/mol. The molecular weight excluding hydrogens is 289 g/mol. The van der Waals surface area contributed by atoms with E-state index in [4.69, 9.17) is 9.47 Å². The average Bonchev–Trinajstić information content (AvgIpc) is 2.40. The minimum atomic E-state index is -4.18. The van der Waals surface area contributed by atoms with Crippen LogP contribution in [0.1, 0.15) is 30.4 Å². The number of rotatable bonds is 6. The number of aromatic hydroxyl groups is 2. The van der Waals surface area contributed by atoms with E-state index < -0.39 is 12.6 Å². The number of halogens is 3. The van der Waals surface area contributed by atoms with Gasteiger partial charge in [-0.1, -0.05) is 0 Å². The first-order chi connectivity index (χ1) is 9.72. The lowest BCUT2D eigenvalue weighted by atomic mass is 9.98. The Kier molecular flexibility index (Phi) is 5.57. The number of ether oxygens (including phenoxy) is 2. The second-order valence-electron chi connectivity index (χ2n) is 4.69. The third kappa shape index (κ3) is 4.09. The Balaban J connectivity index is 2.95. The highest BCUT2D eigenvalue weighted by molar-refractivity contribution is 5.65. The first kappa shape index (κ1) is 17.3. The van der Waals surface area contributed by atoms with Gasteiger partial charge in [0, 0.05) is 17.5 Å². The summed E-state index contributed by atoms with van der Waals surface area (Å²) in [6.45, 7) is 1.57. The Morgan fingerprint density at radius 1 is 0.952 bits per heavy atom. The molecule has 0 spiro atoms. The molecule has 0 aliphatic rings. The molecule has 1 aromatic carbocycles. The molecule has 120 valence electrons. The SMILES string of the molecule is COc1c(O)c(C)c(CCCCC(F)(F)F)c(O)c1OC. The van der Waals surface area contributed by atoms with E-state index in [-0.39, 0.29) is 42.3 Å². The van der Waals surface area contributed by atoms with Crippen molar-refractivity contribution in [2.75, 3.05) is 14.2 Å². The molecule has 0 radical (unpaired) electrons. The van der Waals surface area contributed by atoms with E-state index in [1.807, 2.05) is 0 Å². The highest BCUT2D eigenvalue weighted by atomic mass is 19.4. The molecule has 0 aromatic heterocycles. The fourth-order valence-corrected chi connectivity index (χ4v) is 2.15. The zero-order valence-corrected chi connectivity index (χ0v) is 12.2. The van der Waals surface area contributed by atoms with Gasteiger partial charge in [0.15, 0.2) is 11.5 Å². The smallest absolute Gasteiger partial charge is 0.389 e. The first-order valence-corrected chi connectivity index (χ1v) is 6.45. The molecule has 0 saturated carbocycles. The second-order valence-corrected chi connectivity index (χ2v) is 4.69. The fourth-order valence-electron chi connectivity index (χ4n) is 2.15. The maximum absolute atomic E-state index is 12.1. The molecule has 21 heavy (non-hydrogen) atoms. The van der Waals surface area contributed by atoms with Crippen molar-refractivity contribution in [2.45, 2.75) is 38.8 Å². The summed E-state index contributed by atoms with van der Waals surface area (Å²) in [6.07, 6.45) is -4.65. The number of benzene rings is 1. The summed E-state index contributed by atoms with van der Waals surface area (Å²) in [5.74, 6) is -0.410. The lowest BCUT2D eigenvalue weighted by Crippen LogP contribution is -2.07. The van der Waals surface area contributed by atoms with Gasteiger partial charge in [-0.2, -0.15) is 13.2 Å². The van der Waals surface area contributed by atoms with Gasteiger partial charge in [0.1, 0.15) is 0 Å². The van der Waals surface area contributed by atoms with Gasteiger partial charge < -0.3 is 19.7 Å². The summed E-state index contributed by atoms with van der Waals surface area (Å²) in [7, 11) is 2.62. The number of phenols is 2. The van der Waals surface area contributed by atoms with E-state index in [2.05, 4.69) is 0 Å². The first-order valence-electron chi connectivity index (χ1n) is 6.45. The van der Waals surface area contributed by atoms with Crippen LogP contribution >= 0.6 is 0 Å². The van der Waals surface area contributed by atoms with E-state index >= 15 is 0 Å². The molecule has 0 fully saturated rings. The van der Waals surface area contributed by atoms with Crippen LogP contribution < -0.4 is 9.47 Å².